The minimum atomic E-state index is -0.426. The van der Waals surface area contributed by atoms with Crippen molar-refractivity contribution in [3.8, 4) is 0 Å². The third-order valence-electron chi connectivity index (χ3n) is 4.09. The van der Waals surface area contributed by atoms with E-state index in [2.05, 4.69) is 0 Å². The molecule has 0 spiro atoms. The molecule has 2 aromatic heterocycles. The Kier molecular flexibility index (Phi) is 4.68. The van der Waals surface area contributed by atoms with Gasteiger partial charge in [-0.15, -0.1) is 11.8 Å². The van der Waals surface area contributed by atoms with Gasteiger partial charge in [0.05, 0.1) is 35.3 Å². The number of rotatable bonds is 6. The number of furan rings is 2. The molecule has 1 aromatic carbocycles. The van der Waals surface area contributed by atoms with Gasteiger partial charge in [0.2, 0.25) is 0 Å². The first-order valence-corrected chi connectivity index (χ1v) is 9.16. The number of hydrogen-bond donors (Lipinski definition) is 0. The first kappa shape index (κ1) is 17.4. The summed E-state index contributed by atoms with van der Waals surface area (Å²) in [6.45, 7) is 0.0418. The summed E-state index contributed by atoms with van der Waals surface area (Å²) in [7, 11) is 0. The Morgan fingerprint density at radius 1 is 0.889 bits per heavy atom. The van der Waals surface area contributed by atoms with Gasteiger partial charge in [0.15, 0.2) is 0 Å². The molecule has 0 bridgehead atoms. The van der Waals surface area contributed by atoms with Gasteiger partial charge in [-0.3, -0.25) is 14.5 Å². The second-order valence-electron chi connectivity index (χ2n) is 5.85. The van der Waals surface area contributed by atoms with Crippen molar-refractivity contribution in [2.24, 2.45) is 0 Å². The molecule has 0 radical (unpaired) electrons. The maximum absolute atomic E-state index is 13.3. The zero-order chi connectivity index (χ0) is 18.8. The SMILES string of the molecule is O=C1C(SCc2ccco2)=C(c2ccc(F)cc2)C(=O)N1Cc1ccco1. The highest BCUT2D eigenvalue weighted by Gasteiger charge is 2.39. The Morgan fingerprint density at radius 2 is 1.56 bits per heavy atom. The van der Waals surface area contributed by atoms with Crippen molar-refractivity contribution in [2.45, 2.75) is 12.3 Å². The summed E-state index contributed by atoms with van der Waals surface area (Å²) in [5.74, 6) is 0.370. The van der Waals surface area contributed by atoms with Gasteiger partial charge in [-0.25, -0.2) is 4.39 Å². The predicted molar refractivity (Wildman–Crippen MR) is 97.6 cm³/mol. The molecule has 27 heavy (non-hydrogen) atoms. The second kappa shape index (κ2) is 7.28. The van der Waals surface area contributed by atoms with Crippen molar-refractivity contribution in [1.82, 2.24) is 4.90 Å². The van der Waals surface area contributed by atoms with E-state index in [1.54, 1.807) is 30.5 Å². The van der Waals surface area contributed by atoms with Gasteiger partial charge in [-0.2, -0.15) is 0 Å². The third kappa shape index (κ3) is 3.46. The lowest BCUT2D eigenvalue weighted by atomic mass is 10.1. The Bertz CT molecular complexity index is 991. The van der Waals surface area contributed by atoms with Crippen LogP contribution in [-0.4, -0.2) is 16.7 Å². The van der Waals surface area contributed by atoms with E-state index in [-0.39, 0.29) is 12.1 Å². The summed E-state index contributed by atoms with van der Waals surface area (Å²) in [6, 6.07) is 12.5. The van der Waals surface area contributed by atoms with Gasteiger partial charge < -0.3 is 8.83 Å². The van der Waals surface area contributed by atoms with Gasteiger partial charge in [-0.05, 0) is 42.0 Å². The van der Waals surface area contributed by atoms with Crippen molar-refractivity contribution in [3.63, 3.8) is 0 Å². The highest BCUT2D eigenvalue weighted by Crippen LogP contribution is 2.38. The molecule has 0 fully saturated rings. The molecule has 0 unspecified atom stereocenters. The molecule has 136 valence electrons. The summed E-state index contributed by atoms with van der Waals surface area (Å²) >= 11 is 1.23. The molecule has 0 saturated heterocycles. The molecule has 1 aliphatic heterocycles. The van der Waals surface area contributed by atoms with Crippen molar-refractivity contribution < 1.29 is 22.8 Å². The molecule has 5 nitrogen and oxygen atoms in total. The standard InChI is InChI=1S/C20H14FNO4S/c21-14-7-5-13(6-8-14)17-18(27-12-16-4-2-10-26-16)20(24)22(19(17)23)11-15-3-1-9-25-15/h1-10H,11-12H2. The maximum atomic E-state index is 13.3. The van der Waals surface area contributed by atoms with Crippen molar-refractivity contribution in [3.05, 3.63) is 88.9 Å². The average molecular weight is 383 g/mol. The van der Waals surface area contributed by atoms with Crippen LogP contribution >= 0.6 is 11.8 Å². The fraction of sp³-hybridized carbons (Fsp3) is 0.100. The number of carbonyl (C=O) groups is 2. The fourth-order valence-corrected chi connectivity index (χ4v) is 3.83. The van der Waals surface area contributed by atoms with Crippen LogP contribution in [0.5, 0.6) is 0 Å². The molecule has 4 rings (SSSR count). The van der Waals surface area contributed by atoms with Crippen LogP contribution < -0.4 is 0 Å². The highest BCUT2D eigenvalue weighted by atomic mass is 32.2. The van der Waals surface area contributed by atoms with E-state index in [0.29, 0.717) is 27.7 Å². The van der Waals surface area contributed by atoms with E-state index < -0.39 is 17.6 Å². The second-order valence-corrected chi connectivity index (χ2v) is 6.84. The summed E-state index contributed by atoms with van der Waals surface area (Å²) in [4.78, 5) is 27.4. The molecule has 0 atom stereocenters. The molecular formula is C20H14FNO4S. The minimum absolute atomic E-state index is 0.0418. The summed E-state index contributed by atoms with van der Waals surface area (Å²) in [6.07, 6.45) is 3.04. The van der Waals surface area contributed by atoms with E-state index in [0.717, 1.165) is 4.90 Å². The van der Waals surface area contributed by atoms with Crippen LogP contribution in [0.25, 0.3) is 5.57 Å². The monoisotopic (exact) mass is 383 g/mol. The number of nitrogens with zero attached hydrogens (tertiary/aromatic N) is 1. The number of amides is 2. The predicted octanol–water partition coefficient (Wildman–Crippen LogP) is 4.23. The number of halogens is 1. The molecule has 0 aliphatic carbocycles. The summed E-state index contributed by atoms with van der Waals surface area (Å²) in [5.41, 5.74) is 0.766. The number of carbonyl (C=O) groups excluding carboxylic acids is 2. The highest BCUT2D eigenvalue weighted by molar-refractivity contribution is 8.03. The van der Waals surface area contributed by atoms with Gasteiger partial charge >= 0.3 is 0 Å². The Morgan fingerprint density at radius 3 is 2.19 bits per heavy atom. The number of hydrogen-bond acceptors (Lipinski definition) is 5. The first-order valence-electron chi connectivity index (χ1n) is 8.17. The summed E-state index contributed by atoms with van der Waals surface area (Å²) in [5, 5.41) is 0. The van der Waals surface area contributed by atoms with Crippen LogP contribution in [0.15, 0.2) is 74.8 Å². The maximum Gasteiger partial charge on any atom is 0.268 e. The van der Waals surface area contributed by atoms with E-state index >= 15 is 0 Å². The Hall–Kier alpha value is -3.06. The molecule has 1 aliphatic rings. The molecule has 0 saturated carbocycles. The number of thioether (sulfide) groups is 1. The lowest BCUT2D eigenvalue weighted by Crippen LogP contribution is -2.30. The van der Waals surface area contributed by atoms with Crippen LogP contribution in [0.3, 0.4) is 0 Å². The quantitative estimate of drug-likeness (QED) is 0.596. The normalized spacial score (nSPS) is 14.5. The van der Waals surface area contributed by atoms with E-state index in [1.807, 2.05) is 0 Å². The van der Waals surface area contributed by atoms with Crippen LogP contribution in [0.1, 0.15) is 17.1 Å². The van der Waals surface area contributed by atoms with Crippen molar-refractivity contribution in [2.75, 3.05) is 0 Å². The van der Waals surface area contributed by atoms with Crippen LogP contribution in [0, 0.1) is 5.82 Å². The molecule has 3 heterocycles. The van der Waals surface area contributed by atoms with Gasteiger partial charge in [0.25, 0.3) is 11.8 Å². The zero-order valence-corrected chi connectivity index (χ0v) is 14.9. The van der Waals surface area contributed by atoms with E-state index in [9.17, 15) is 14.0 Å². The topological polar surface area (TPSA) is 63.7 Å². The van der Waals surface area contributed by atoms with Crippen molar-refractivity contribution in [1.29, 1.82) is 0 Å². The van der Waals surface area contributed by atoms with Crippen LogP contribution in [0.4, 0.5) is 4.39 Å². The molecule has 3 aromatic rings. The molecule has 2 amide bonds. The third-order valence-corrected chi connectivity index (χ3v) is 5.19. The van der Waals surface area contributed by atoms with Crippen molar-refractivity contribution >= 4 is 29.1 Å². The number of imide groups is 1. The zero-order valence-electron chi connectivity index (χ0n) is 14.1. The van der Waals surface area contributed by atoms with Gasteiger partial charge in [0, 0.05) is 0 Å². The number of benzene rings is 1. The Balaban J connectivity index is 1.68. The van der Waals surface area contributed by atoms with Crippen LogP contribution in [0.2, 0.25) is 0 Å². The van der Waals surface area contributed by atoms with Gasteiger partial charge in [0.1, 0.15) is 17.3 Å². The first-order chi connectivity index (χ1) is 13.1. The molecular weight excluding hydrogens is 369 g/mol. The fourth-order valence-electron chi connectivity index (χ4n) is 2.80. The van der Waals surface area contributed by atoms with Gasteiger partial charge in [-0.1, -0.05) is 12.1 Å². The van der Waals surface area contributed by atoms with E-state index in [1.165, 1.54) is 42.3 Å². The largest absolute Gasteiger partial charge is 0.468 e. The molecule has 7 heteroatoms. The van der Waals surface area contributed by atoms with Crippen LogP contribution in [-0.2, 0) is 21.9 Å². The summed E-state index contributed by atoms with van der Waals surface area (Å²) < 4.78 is 23.9. The molecule has 0 N–H and O–H groups in total. The minimum Gasteiger partial charge on any atom is -0.468 e. The Labute approximate surface area is 158 Å². The lowest BCUT2D eigenvalue weighted by Gasteiger charge is -2.13. The van der Waals surface area contributed by atoms with E-state index in [4.69, 9.17) is 8.83 Å². The average Bonchev–Trinajstić information content (AvgIpc) is 3.40. The lowest BCUT2D eigenvalue weighted by molar-refractivity contribution is -0.137. The smallest absolute Gasteiger partial charge is 0.268 e.